The number of carbonyl (C=O) groups is 2. The van der Waals surface area contributed by atoms with E-state index in [2.05, 4.69) is 4.98 Å². The average molecular weight is 396 g/mol. The molecule has 0 amide bonds. The van der Waals surface area contributed by atoms with Gasteiger partial charge >= 0.3 is 5.97 Å². The number of thiazole rings is 1. The smallest absolute Gasteiger partial charge is 0.303 e. The summed E-state index contributed by atoms with van der Waals surface area (Å²) in [5.41, 5.74) is 0. The highest BCUT2D eigenvalue weighted by atomic mass is 32.1. The number of rotatable bonds is 12. The molecule has 2 unspecified atom stereocenters. The van der Waals surface area contributed by atoms with Gasteiger partial charge in [-0.15, -0.1) is 11.3 Å². The molecule has 1 aromatic rings. The molecular formula is C20H29NO5S. The van der Waals surface area contributed by atoms with Crippen molar-refractivity contribution < 1.29 is 24.9 Å². The van der Waals surface area contributed by atoms with E-state index in [1.165, 1.54) is 0 Å². The van der Waals surface area contributed by atoms with Gasteiger partial charge in [0.05, 0.1) is 17.2 Å². The number of Topliss-reactive ketones (excluding diaryl/α,β-unsaturated/α-hetero) is 1. The number of aliphatic hydroxyl groups is 2. The van der Waals surface area contributed by atoms with Crippen LogP contribution in [0, 0.1) is 11.8 Å². The number of ketones is 1. The number of unbranched alkanes of at least 4 members (excludes halogenated alkanes) is 2. The fourth-order valence-electron chi connectivity index (χ4n) is 3.71. The van der Waals surface area contributed by atoms with Crippen molar-refractivity contribution in [3.63, 3.8) is 0 Å². The van der Waals surface area contributed by atoms with Crippen molar-refractivity contribution in [1.82, 2.24) is 4.98 Å². The highest BCUT2D eigenvalue weighted by Gasteiger charge is 2.44. The van der Waals surface area contributed by atoms with Crippen LogP contribution in [0.15, 0.2) is 23.7 Å². The fourth-order valence-corrected chi connectivity index (χ4v) is 4.37. The number of allylic oxidation sites excluding steroid dienone is 2. The van der Waals surface area contributed by atoms with E-state index in [1.807, 2.05) is 17.5 Å². The summed E-state index contributed by atoms with van der Waals surface area (Å²) in [5, 5.41) is 32.1. The number of hydrogen-bond acceptors (Lipinski definition) is 6. The predicted molar refractivity (Wildman–Crippen MR) is 104 cm³/mol. The number of aliphatic hydroxyl groups excluding tert-OH is 2. The van der Waals surface area contributed by atoms with Gasteiger partial charge in [-0.25, -0.2) is 4.98 Å². The molecule has 1 heterocycles. The molecule has 27 heavy (non-hydrogen) atoms. The molecule has 0 aliphatic heterocycles. The highest BCUT2D eigenvalue weighted by molar-refractivity contribution is 7.09. The van der Waals surface area contributed by atoms with Gasteiger partial charge < -0.3 is 15.3 Å². The minimum Gasteiger partial charge on any atom is -0.481 e. The first kappa shape index (κ1) is 21.7. The van der Waals surface area contributed by atoms with Gasteiger partial charge in [-0.2, -0.15) is 0 Å². The number of nitrogens with zero attached hydrogens (tertiary/aromatic N) is 1. The summed E-state index contributed by atoms with van der Waals surface area (Å²) < 4.78 is 0. The molecule has 1 aliphatic rings. The second kappa shape index (κ2) is 11.3. The molecule has 0 spiro atoms. The van der Waals surface area contributed by atoms with Crippen LogP contribution in [0.4, 0.5) is 0 Å². The zero-order chi connectivity index (χ0) is 19.6. The van der Waals surface area contributed by atoms with Crippen molar-refractivity contribution in [2.75, 3.05) is 0 Å². The second-order valence-electron chi connectivity index (χ2n) is 7.15. The van der Waals surface area contributed by atoms with E-state index in [0.29, 0.717) is 25.7 Å². The van der Waals surface area contributed by atoms with Crippen LogP contribution in [0.5, 0.6) is 0 Å². The van der Waals surface area contributed by atoms with Gasteiger partial charge in [0, 0.05) is 42.7 Å². The van der Waals surface area contributed by atoms with E-state index >= 15 is 0 Å². The van der Waals surface area contributed by atoms with Gasteiger partial charge in [-0.3, -0.25) is 9.59 Å². The summed E-state index contributed by atoms with van der Waals surface area (Å²) in [7, 11) is 0. The van der Waals surface area contributed by atoms with E-state index in [-0.39, 0.29) is 24.5 Å². The molecule has 0 saturated heterocycles. The van der Waals surface area contributed by atoms with Crippen LogP contribution < -0.4 is 0 Å². The Morgan fingerprint density at radius 2 is 1.96 bits per heavy atom. The van der Waals surface area contributed by atoms with Crippen molar-refractivity contribution in [3.8, 4) is 0 Å². The number of carbonyl (C=O) groups excluding carboxylic acids is 1. The lowest BCUT2D eigenvalue weighted by atomic mass is 9.85. The first-order valence-corrected chi connectivity index (χ1v) is 10.5. The van der Waals surface area contributed by atoms with E-state index < -0.39 is 24.1 Å². The SMILES string of the molecule is O=C(O)CCCC=CCC1C(C(=O)CCCCc2nccs2)[C@H](O)C[C@@H]1O. The third kappa shape index (κ3) is 7.16. The lowest BCUT2D eigenvalue weighted by Gasteiger charge is -2.21. The lowest BCUT2D eigenvalue weighted by Crippen LogP contribution is -2.29. The third-order valence-corrected chi connectivity index (χ3v) is 5.95. The van der Waals surface area contributed by atoms with Crippen LogP contribution in [0.25, 0.3) is 0 Å². The van der Waals surface area contributed by atoms with Crippen LogP contribution in [-0.4, -0.2) is 44.3 Å². The van der Waals surface area contributed by atoms with Crippen LogP contribution in [0.3, 0.4) is 0 Å². The quantitative estimate of drug-likeness (QED) is 0.371. The Morgan fingerprint density at radius 1 is 1.15 bits per heavy atom. The molecule has 0 radical (unpaired) electrons. The van der Waals surface area contributed by atoms with Gasteiger partial charge in [0.2, 0.25) is 0 Å². The molecule has 4 atom stereocenters. The van der Waals surface area contributed by atoms with Crippen molar-refractivity contribution in [2.24, 2.45) is 11.8 Å². The van der Waals surface area contributed by atoms with E-state index in [4.69, 9.17) is 5.11 Å². The van der Waals surface area contributed by atoms with E-state index in [1.54, 1.807) is 17.5 Å². The largest absolute Gasteiger partial charge is 0.481 e. The lowest BCUT2D eigenvalue weighted by molar-refractivity contribution is -0.137. The Labute approximate surface area is 164 Å². The Hall–Kier alpha value is -1.57. The molecule has 150 valence electrons. The number of carboxylic acids is 1. The first-order valence-electron chi connectivity index (χ1n) is 9.63. The second-order valence-corrected chi connectivity index (χ2v) is 8.13. The van der Waals surface area contributed by atoms with Crippen LogP contribution in [0.2, 0.25) is 0 Å². The summed E-state index contributed by atoms with van der Waals surface area (Å²) >= 11 is 1.62. The molecule has 7 heteroatoms. The standard InChI is InChI=1S/C20H29NO5S/c22-15(8-5-6-9-18-21-11-12-27-18)20-14(16(23)13-17(20)24)7-3-1-2-4-10-19(25)26/h1,3,11-12,14,16-17,20,23-24H,2,4-10,13H2,(H,25,26)/t14?,16-,17+,20?/m0/s1. The molecule has 1 aliphatic carbocycles. The maximum absolute atomic E-state index is 12.6. The monoisotopic (exact) mass is 395 g/mol. The molecule has 1 saturated carbocycles. The molecule has 1 fully saturated rings. The number of aliphatic carboxylic acids is 1. The van der Waals surface area contributed by atoms with Gasteiger partial charge in [0.25, 0.3) is 0 Å². The molecule has 2 rings (SSSR count). The minimum atomic E-state index is -0.807. The molecule has 3 N–H and O–H groups in total. The third-order valence-electron chi connectivity index (χ3n) is 5.11. The van der Waals surface area contributed by atoms with Crippen LogP contribution >= 0.6 is 11.3 Å². The number of aromatic nitrogens is 1. The first-order chi connectivity index (χ1) is 13.0. The van der Waals surface area contributed by atoms with Crippen molar-refractivity contribution >= 4 is 23.1 Å². The highest BCUT2D eigenvalue weighted by Crippen LogP contribution is 2.37. The number of aryl methyl sites for hydroxylation is 1. The average Bonchev–Trinajstić information content (AvgIpc) is 3.22. The topological polar surface area (TPSA) is 108 Å². The Balaban J connectivity index is 1.76. The summed E-state index contributed by atoms with van der Waals surface area (Å²) in [6, 6.07) is 0. The summed E-state index contributed by atoms with van der Waals surface area (Å²) in [5.74, 6) is -1.55. The Bertz CT molecular complexity index is 616. The number of hydrogen-bond donors (Lipinski definition) is 3. The van der Waals surface area contributed by atoms with Crippen LogP contribution in [-0.2, 0) is 16.0 Å². The maximum atomic E-state index is 12.6. The predicted octanol–water partition coefficient (Wildman–Crippen LogP) is 2.98. The normalized spacial score (nSPS) is 25.3. The fraction of sp³-hybridized carbons (Fsp3) is 0.650. The minimum absolute atomic E-state index is 0.0301. The van der Waals surface area contributed by atoms with Crippen molar-refractivity contribution in [3.05, 3.63) is 28.7 Å². The van der Waals surface area contributed by atoms with Gasteiger partial charge in [0.15, 0.2) is 0 Å². The maximum Gasteiger partial charge on any atom is 0.303 e. The van der Waals surface area contributed by atoms with Gasteiger partial charge in [0.1, 0.15) is 5.78 Å². The van der Waals surface area contributed by atoms with Crippen molar-refractivity contribution in [2.45, 2.75) is 70.0 Å². The molecule has 6 nitrogen and oxygen atoms in total. The molecular weight excluding hydrogens is 366 g/mol. The van der Waals surface area contributed by atoms with Crippen molar-refractivity contribution in [1.29, 1.82) is 0 Å². The zero-order valence-electron chi connectivity index (χ0n) is 15.5. The van der Waals surface area contributed by atoms with Gasteiger partial charge in [-0.05, 0) is 38.5 Å². The van der Waals surface area contributed by atoms with E-state index in [9.17, 15) is 19.8 Å². The summed E-state index contributed by atoms with van der Waals surface area (Å²) in [4.78, 5) is 27.3. The molecule has 0 aromatic carbocycles. The van der Waals surface area contributed by atoms with Gasteiger partial charge in [-0.1, -0.05) is 12.2 Å². The Morgan fingerprint density at radius 3 is 2.67 bits per heavy atom. The molecule has 1 aromatic heterocycles. The molecule has 0 bridgehead atoms. The number of carboxylic acid groups (broad SMARTS) is 1. The van der Waals surface area contributed by atoms with Crippen LogP contribution in [0.1, 0.15) is 56.4 Å². The summed E-state index contributed by atoms with van der Waals surface area (Å²) in [6.45, 7) is 0. The van der Waals surface area contributed by atoms with E-state index in [0.717, 1.165) is 24.3 Å². The summed E-state index contributed by atoms with van der Waals surface area (Å²) in [6.07, 6.45) is 9.19. The Kier molecular flexibility index (Phi) is 9.10. The zero-order valence-corrected chi connectivity index (χ0v) is 16.3.